The molecule has 1 aliphatic rings. The van der Waals surface area contributed by atoms with Gasteiger partial charge in [-0.3, -0.25) is 4.79 Å². The molecule has 3 nitrogen and oxygen atoms in total. The summed E-state index contributed by atoms with van der Waals surface area (Å²) in [6.45, 7) is 4.19. The first-order valence-corrected chi connectivity index (χ1v) is 8.09. The van der Waals surface area contributed by atoms with Gasteiger partial charge in [-0.1, -0.05) is 23.7 Å². The average molecular weight is 337 g/mol. The van der Waals surface area contributed by atoms with Gasteiger partial charge in [0, 0.05) is 28.4 Å². The van der Waals surface area contributed by atoms with Crippen LogP contribution < -0.4 is 5.32 Å². The predicted molar refractivity (Wildman–Crippen MR) is 95.8 cm³/mol. The Kier molecular flexibility index (Phi) is 4.17. The van der Waals surface area contributed by atoms with Gasteiger partial charge in [-0.15, -0.1) is 0 Å². The zero-order valence-electron chi connectivity index (χ0n) is 13.6. The van der Waals surface area contributed by atoms with E-state index in [9.17, 15) is 4.79 Å². The quantitative estimate of drug-likeness (QED) is 0.655. The van der Waals surface area contributed by atoms with Crippen LogP contribution in [0.4, 0.5) is 0 Å². The number of carbonyl (C=O) groups excluding carboxylic acids is 1. The second kappa shape index (κ2) is 6.14. The maximum Gasteiger partial charge on any atom is 0.187 e. The Morgan fingerprint density at radius 3 is 2.62 bits per heavy atom. The third kappa shape index (κ3) is 3.20. The normalized spacial score (nSPS) is 16.8. The van der Waals surface area contributed by atoms with Crippen molar-refractivity contribution < 1.29 is 4.79 Å². The highest BCUT2D eigenvalue weighted by Gasteiger charge is 2.29. The average Bonchev–Trinajstić information content (AvgIpc) is 2.53. The van der Waals surface area contributed by atoms with Crippen LogP contribution in [0.1, 0.15) is 40.9 Å². The molecule has 2 aromatic rings. The fourth-order valence-corrected chi connectivity index (χ4v) is 3.29. The minimum absolute atomic E-state index is 0.120. The number of fused-ring (bicyclic) bond motifs is 1. The molecule has 0 aliphatic carbocycles. The molecule has 0 aromatic heterocycles. The van der Waals surface area contributed by atoms with Crippen molar-refractivity contribution in [2.24, 2.45) is 0 Å². The van der Waals surface area contributed by atoms with Gasteiger partial charge in [0.15, 0.2) is 5.78 Å². The van der Waals surface area contributed by atoms with Crippen LogP contribution in [0.5, 0.6) is 0 Å². The summed E-state index contributed by atoms with van der Waals surface area (Å²) < 4.78 is 0. The monoisotopic (exact) mass is 336 g/mol. The molecule has 0 spiro atoms. The molecule has 1 aliphatic heterocycles. The maximum absolute atomic E-state index is 12.6. The zero-order chi connectivity index (χ0) is 17.3. The number of rotatable bonds is 2. The van der Waals surface area contributed by atoms with Crippen molar-refractivity contribution in [3.8, 4) is 6.07 Å². The van der Waals surface area contributed by atoms with Crippen LogP contribution in [-0.4, -0.2) is 11.3 Å². The Balaban J connectivity index is 2.03. The molecule has 2 aromatic carbocycles. The van der Waals surface area contributed by atoms with Crippen molar-refractivity contribution in [3.05, 3.63) is 75.8 Å². The summed E-state index contributed by atoms with van der Waals surface area (Å²) in [5.74, 6) is -0.120. The maximum atomic E-state index is 12.6. The summed E-state index contributed by atoms with van der Waals surface area (Å²) in [7, 11) is 0. The highest BCUT2D eigenvalue weighted by atomic mass is 35.5. The molecule has 0 radical (unpaired) electrons. The molecule has 0 atom stereocenters. The second-order valence-corrected chi connectivity index (χ2v) is 6.98. The number of hydrogen-bond acceptors (Lipinski definition) is 3. The van der Waals surface area contributed by atoms with Gasteiger partial charge in [0.25, 0.3) is 0 Å². The van der Waals surface area contributed by atoms with Crippen molar-refractivity contribution in [1.82, 2.24) is 5.32 Å². The Morgan fingerprint density at radius 1 is 1.25 bits per heavy atom. The third-order valence-corrected chi connectivity index (χ3v) is 4.36. The van der Waals surface area contributed by atoms with Gasteiger partial charge in [0.2, 0.25) is 0 Å². The van der Waals surface area contributed by atoms with Gasteiger partial charge in [-0.2, -0.15) is 5.26 Å². The van der Waals surface area contributed by atoms with E-state index in [4.69, 9.17) is 16.9 Å². The largest absolute Gasteiger partial charge is 0.379 e. The molecule has 1 N–H and O–H groups in total. The lowest BCUT2D eigenvalue weighted by atomic mass is 9.85. The van der Waals surface area contributed by atoms with Crippen LogP contribution >= 0.6 is 11.6 Å². The molecule has 0 amide bonds. The highest BCUT2D eigenvalue weighted by molar-refractivity contribution is 6.32. The van der Waals surface area contributed by atoms with Crippen molar-refractivity contribution in [2.75, 3.05) is 0 Å². The van der Waals surface area contributed by atoms with Crippen LogP contribution in [0.25, 0.3) is 5.70 Å². The third-order valence-electron chi connectivity index (χ3n) is 4.05. The number of hydrogen-bond donors (Lipinski definition) is 1. The highest BCUT2D eigenvalue weighted by Crippen LogP contribution is 2.34. The fourth-order valence-electron chi connectivity index (χ4n) is 3.00. The first-order chi connectivity index (χ1) is 11.4. The molecule has 0 bridgehead atoms. The van der Waals surface area contributed by atoms with Gasteiger partial charge >= 0.3 is 0 Å². The van der Waals surface area contributed by atoms with Crippen molar-refractivity contribution in [1.29, 1.82) is 5.26 Å². The number of ketones is 1. The number of allylic oxidation sites excluding steroid dienone is 1. The van der Waals surface area contributed by atoms with Gasteiger partial charge in [-0.05, 0) is 56.2 Å². The van der Waals surface area contributed by atoms with E-state index in [-0.39, 0.29) is 11.3 Å². The van der Waals surface area contributed by atoms with Crippen molar-refractivity contribution >= 4 is 23.1 Å². The molecule has 0 saturated carbocycles. The molecule has 24 heavy (non-hydrogen) atoms. The van der Waals surface area contributed by atoms with Crippen LogP contribution in [0.2, 0.25) is 5.02 Å². The molecule has 0 saturated heterocycles. The molecule has 4 heteroatoms. The Hall–Kier alpha value is -2.57. The van der Waals surface area contributed by atoms with E-state index >= 15 is 0 Å². The van der Waals surface area contributed by atoms with Gasteiger partial charge in [0.1, 0.15) is 0 Å². The second-order valence-electron chi connectivity index (χ2n) is 6.57. The minimum Gasteiger partial charge on any atom is -0.379 e. The Morgan fingerprint density at radius 2 is 1.96 bits per heavy atom. The standard InChI is InChI=1S/C20H17ClN2O/c1-20(2)11-15-4-3-5-16(21)19(15)17(23-20)10-18(24)14-8-6-13(12-22)7-9-14/h3-10,23H,11H2,1-2H3/b17-10-. The van der Waals surface area contributed by atoms with E-state index in [1.165, 1.54) is 0 Å². The number of nitrogens with zero attached hydrogens (tertiary/aromatic N) is 1. The minimum atomic E-state index is -0.158. The Labute approximate surface area is 146 Å². The van der Waals surface area contributed by atoms with E-state index in [2.05, 4.69) is 19.2 Å². The van der Waals surface area contributed by atoms with E-state index in [0.717, 1.165) is 23.2 Å². The van der Waals surface area contributed by atoms with E-state index in [0.29, 0.717) is 16.1 Å². The topological polar surface area (TPSA) is 52.9 Å². The molecular formula is C20H17ClN2O. The molecule has 120 valence electrons. The fraction of sp³-hybridized carbons (Fsp3) is 0.200. The van der Waals surface area contributed by atoms with Crippen molar-refractivity contribution in [3.63, 3.8) is 0 Å². The lowest BCUT2D eigenvalue weighted by Gasteiger charge is -2.36. The summed E-state index contributed by atoms with van der Waals surface area (Å²) in [5.41, 5.74) is 3.67. The summed E-state index contributed by atoms with van der Waals surface area (Å²) in [5, 5.41) is 12.9. The molecular weight excluding hydrogens is 320 g/mol. The number of halogens is 1. The van der Waals surface area contributed by atoms with Gasteiger partial charge in [-0.25, -0.2) is 0 Å². The number of nitriles is 1. The van der Waals surface area contributed by atoms with E-state index in [1.807, 2.05) is 24.3 Å². The summed E-state index contributed by atoms with van der Waals surface area (Å²) in [6, 6.07) is 14.5. The zero-order valence-corrected chi connectivity index (χ0v) is 14.3. The molecule has 0 fully saturated rings. The number of carbonyl (C=O) groups is 1. The smallest absolute Gasteiger partial charge is 0.187 e. The lowest BCUT2D eigenvalue weighted by Crippen LogP contribution is -2.44. The molecule has 1 heterocycles. The lowest BCUT2D eigenvalue weighted by molar-refractivity contribution is 0.104. The van der Waals surface area contributed by atoms with Crippen LogP contribution in [-0.2, 0) is 6.42 Å². The van der Waals surface area contributed by atoms with E-state index < -0.39 is 0 Å². The predicted octanol–water partition coefficient (Wildman–Crippen LogP) is 4.36. The molecule has 3 rings (SSSR count). The van der Waals surface area contributed by atoms with Crippen LogP contribution in [0.3, 0.4) is 0 Å². The first-order valence-electron chi connectivity index (χ1n) is 7.72. The van der Waals surface area contributed by atoms with Crippen LogP contribution in [0, 0.1) is 11.3 Å². The summed E-state index contributed by atoms with van der Waals surface area (Å²) >= 11 is 6.37. The summed E-state index contributed by atoms with van der Waals surface area (Å²) in [6.07, 6.45) is 2.43. The van der Waals surface area contributed by atoms with Gasteiger partial charge < -0.3 is 5.32 Å². The number of benzene rings is 2. The number of nitrogens with one attached hydrogen (secondary N) is 1. The van der Waals surface area contributed by atoms with Gasteiger partial charge in [0.05, 0.1) is 16.7 Å². The SMILES string of the molecule is CC1(C)Cc2cccc(Cl)c2/C(=C/C(=O)c2ccc(C#N)cc2)N1. The molecule has 0 unspecified atom stereocenters. The summed E-state index contributed by atoms with van der Waals surface area (Å²) in [4.78, 5) is 12.6. The van der Waals surface area contributed by atoms with E-state index in [1.54, 1.807) is 30.3 Å². The Bertz CT molecular complexity index is 874. The first kappa shape index (κ1) is 16.3. The van der Waals surface area contributed by atoms with Crippen molar-refractivity contribution in [2.45, 2.75) is 25.8 Å². The van der Waals surface area contributed by atoms with Crippen LogP contribution in [0.15, 0.2) is 48.5 Å².